The van der Waals surface area contributed by atoms with E-state index in [1.165, 1.54) is 17.8 Å². The number of nitrogens with zero attached hydrogens (tertiary/aromatic N) is 1. The van der Waals surface area contributed by atoms with E-state index >= 15 is 0 Å². The first-order valence-electron chi connectivity index (χ1n) is 7.23. The lowest BCUT2D eigenvalue weighted by atomic mass is 9.92. The molecule has 112 valence electrons. The van der Waals surface area contributed by atoms with Crippen LogP contribution in [0.4, 0.5) is 5.69 Å². The van der Waals surface area contributed by atoms with Crippen molar-refractivity contribution in [3.63, 3.8) is 0 Å². The van der Waals surface area contributed by atoms with E-state index in [9.17, 15) is 4.79 Å². The number of halogens is 1. The summed E-state index contributed by atoms with van der Waals surface area (Å²) >= 11 is 7.66. The average molecular weight is 323 g/mol. The lowest BCUT2D eigenvalue weighted by molar-refractivity contribution is 0.0629. The smallest absolute Gasteiger partial charge is 0.266 e. The molecule has 0 saturated carbocycles. The standard InChI is InChI=1S/C16H19ClN2OS/c1-9-6-10(2)8-19(7-9)16(20)15-14(18)13-11(17)4-3-5-12(13)21-15/h3-5,9-10H,6-8,18H2,1-2H3. The number of thiophene rings is 1. The number of hydrogen-bond acceptors (Lipinski definition) is 3. The molecule has 2 aromatic rings. The van der Waals surface area contributed by atoms with Gasteiger partial charge in [0, 0.05) is 23.2 Å². The molecule has 2 unspecified atom stereocenters. The number of piperidine rings is 1. The Labute approximate surface area is 133 Å². The summed E-state index contributed by atoms with van der Waals surface area (Å²) in [6.45, 7) is 6.01. The van der Waals surface area contributed by atoms with Crippen LogP contribution in [0.3, 0.4) is 0 Å². The summed E-state index contributed by atoms with van der Waals surface area (Å²) in [6, 6.07) is 5.66. The fourth-order valence-corrected chi connectivity index (χ4v) is 4.71. The first kappa shape index (κ1) is 14.7. The number of nitrogens with two attached hydrogens (primary N) is 1. The molecule has 0 radical (unpaired) electrons. The van der Waals surface area contributed by atoms with E-state index in [4.69, 9.17) is 17.3 Å². The molecule has 2 atom stereocenters. The number of rotatable bonds is 1. The second kappa shape index (κ2) is 5.50. The molecular weight excluding hydrogens is 304 g/mol. The van der Waals surface area contributed by atoms with Gasteiger partial charge in [0.2, 0.25) is 0 Å². The number of amides is 1. The van der Waals surface area contributed by atoms with Crippen molar-refractivity contribution in [1.29, 1.82) is 0 Å². The van der Waals surface area contributed by atoms with Gasteiger partial charge in [0.1, 0.15) is 4.88 Å². The van der Waals surface area contributed by atoms with Gasteiger partial charge in [-0.05, 0) is 30.4 Å². The molecule has 3 nitrogen and oxygen atoms in total. The van der Waals surface area contributed by atoms with E-state index in [0.717, 1.165) is 23.2 Å². The van der Waals surface area contributed by atoms with Crippen LogP contribution in [0.1, 0.15) is 29.9 Å². The third kappa shape index (κ3) is 2.62. The topological polar surface area (TPSA) is 46.3 Å². The normalized spacial score (nSPS) is 22.7. The van der Waals surface area contributed by atoms with Gasteiger partial charge >= 0.3 is 0 Å². The van der Waals surface area contributed by atoms with E-state index in [0.29, 0.717) is 27.4 Å². The number of carbonyl (C=O) groups excluding carboxylic acids is 1. The van der Waals surface area contributed by atoms with Gasteiger partial charge in [-0.15, -0.1) is 11.3 Å². The molecule has 5 heteroatoms. The van der Waals surface area contributed by atoms with Crippen molar-refractivity contribution < 1.29 is 4.79 Å². The highest BCUT2D eigenvalue weighted by Gasteiger charge is 2.29. The van der Waals surface area contributed by atoms with Gasteiger partial charge in [-0.2, -0.15) is 0 Å². The van der Waals surface area contributed by atoms with Crippen LogP contribution < -0.4 is 5.73 Å². The third-order valence-corrected chi connectivity index (χ3v) is 5.53. The van der Waals surface area contributed by atoms with Crippen LogP contribution in [0.15, 0.2) is 18.2 Å². The Balaban J connectivity index is 1.98. The summed E-state index contributed by atoms with van der Waals surface area (Å²) in [7, 11) is 0. The molecule has 1 aromatic heterocycles. The zero-order chi connectivity index (χ0) is 15.1. The summed E-state index contributed by atoms with van der Waals surface area (Å²) in [6.07, 6.45) is 1.18. The molecule has 1 saturated heterocycles. The van der Waals surface area contributed by atoms with E-state index in [-0.39, 0.29) is 5.91 Å². The van der Waals surface area contributed by atoms with Gasteiger partial charge in [0.25, 0.3) is 5.91 Å². The Hall–Kier alpha value is -1.26. The first-order chi connectivity index (χ1) is 9.97. The van der Waals surface area contributed by atoms with Crippen LogP contribution in [-0.2, 0) is 0 Å². The average Bonchev–Trinajstić information content (AvgIpc) is 2.75. The SMILES string of the molecule is CC1CC(C)CN(C(=O)c2sc3cccc(Cl)c3c2N)C1. The van der Waals surface area contributed by atoms with Crippen LogP contribution in [0.25, 0.3) is 10.1 Å². The van der Waals surface area contributed by atoms with Crippen molar-refractivity contribution in [3.05, 3.63) is 28.1 Å². The molecule has 2 heterocycles. The summed E-state index contributed by atoms with van der Waals surface area (Å²) in [4.78, 5) is 15.4. The Bertz CT molecular complexity index is 687. The van der Waals surface area contributed by atoms with Crippen molar-refractivity contribution >= 4 is 44.6 Å². The Morgan fingerprint density at radius 3 is 2.62 bits per heavy atom. The van der Waals surface area contributed by atoms with Crippen molar-refractivity contribution in [2.45, 2.75) is 20.3 Å². The van der Waals surface area contributed by atoms with Crippen molar-refractivity contribution in [2.24, 2.45) is 11.8 Å². The molecule has 3 rings (SSSR count). The quantitative estimate of drug-likeness (QED) is 0.853. The Kier molecular flexibility index (Phi) is 3.84. The zero-order valence-corrected chi connectivity index (χ0v) is 13.8. The minimum Gasteiger partial charge on any atom is -0.397 e. The predicted octanol–water partition coefficient (Wildman–Crippen LogP) is 4.26. The van der Waals surface area contributed by atoms with Crippen molar-refractivity contribution in [3.8, 4) is 0 Å². The van der Waals surface area contributed by atoms with Gasteiger partial charge in [0.15, 0.2) is 0 Å². The molecule has 0 aliphatic carbocycles. The second-order valence-electron chi connectivity index (χ2n) is 6.11. The van der Waals surface area contributed by atoms with Gasteiger partial charge in [-0.1, -0.05) is 31.5 Å². The van der Waals surface area contributed by atoms with Crippen LogP contribution >= 0.6 is 22.9 Å². The Morgan fingerprint density at radius 2 is 2.00 bits per heavy atom. The molecule has 0 spiro atoms. The molecule has 0 bridgehead atoms. The second-order valence-corrected chi connectivity index (χ2v) is 7.57. The lowest BCUT2D eigenvalue weighted by Crippen LogP contribution is -2.42. The van der Waals surface area contributed by atoms with Crippen LogP contribution in [0.5, 0.6) is 0 Å². The minimum absolute atomic E-state index is 0.0446. The number of hydrogen-bond donors (Lipinski definition) is 1. The number of nitrogen functional groups attached to an aromatic ring is 1. The molecule has 2 N–H and O–H groups in total. The van der Waals surface area contributed by atoms with Gasteiger partial charge in [-0.3, -0.25) is 4.79 Å². The molecule has 1 aliphatic rings. The van der Waals surface area contributed by atoms with Gasteiger partial charge in [0.05, 0.1) is 10.7 Å². The number of carbonyl (C=O) groups is 1. The Morgan fingerprint density at radius 1 is 1.33 bits per heavy atom. The number of likely N-dealkylation sites (tertiary alicyclic amines) is 1. The van der Waals surface area contributed by atoms with Crippen molar-refractivity contribution in [2.75, 3.05) is 18.8 Å². The lowest BCUT2D eigenvalue weighted by Gasteiger charge is -2.34. The largest absolute Gasteiger partial charge is 0.397 e. The summed E-state index contributed by atoms with van der Waals surface area (Å²) < 4.78 is 0.974. The highest BCUT2D eigenvalue weighted by molar-refractivity contribution is 7.21. The van der Waals surface area contributed by atoms with Crippen LogP contribution in [0.2, 0.25) is 5.02 Å². The molecule has 1 amide bonds. The van der Waals surface area contributed by atoms with Crippen LogP contribution in [0, 0.1) is 11.8 Å². The summed E-state index contributed by atoms with van der Waals surface area (Å²) in [5.41, 5.74) is 6.72. The number of fused-ring (bicyclic) bond motifs is 1. The number of anilines is 1. The maximum Gasteiger partial charge on any atom is 0.266 e. The van der Waals surface area contributed by atoms with E-state index in [1.54, 1.807) is 0 Å². The van der Waals surface area contributed by atoms with Crippen LogP contribution in [-0.4, -0.2) is 23.9 Å². The van der Waals surface area contributed by atoms with E-state index < -0.39 is 0 Å². The molecule has 1 fully saturated rings. The third-order valence-electron chi connectivity index (χ3n) is 4.05. The maximum atomic E-state index is 12.8. The molecule has 1 aliphatic heterocycles. The fraction of sp³-hybridized carbons (Fsp3) is 0.438. The minimum atomic E-state index is 0.0446. The van der Waals surface area contributed by atoms with Gasteiger partial charge < -0.3 is 10.6 Å². The van der Waals surface area contributed by atoms with E-state index in [2.05, 4.69) is 13.8 Å². The zero-order valence-electron chi connectivity index (χ0n) is 12.2. The number of benzene rings is 1. The molecule has 21 heavy (non-hydrogen) atoms. The van der Waals surface area contributed by atoms with E-state index in [1.807, 2.05) is 23.1 Å². The highest BCUT2D eigenvalue weighted by Crippen LogP contribution is 2.39. The summed E-state index contributed by atoms with van der Waals surface area (Å²) in [5.74, 6) is 1.12. The molecular formula is C16H19ClN2OS. The summed E-state index contributed by atoms with van der Waals surface area (Å²) in [5, 5.41) is 1.42. The highest BCUT2D eigenvalue weighted by atomic mass is 35.5. The predicted molar refractivity (Wildman–Crippen MR) is 90.1 cm³/mol. The first-order valence-corrected chi connectivity index (χ1v) is 8.42. The maximum absolute atomic E-state index is 12.8. The van der Waals surface area contributed by atoms with Crippen molar-refractivity contribution in [1.82, 2.24) is 4.90 Å². The van der Waals surface area contributed by atoms with Gasteiger partial charge in [-0.25, -0.2) is 0 Å². The fourth-order valence-electron chi connectivity index (χ4n) is 3.26. The monoisotopic (exact) mass is 322 g/mol. The molecule has 1 aromatic carbocycles.